The molecule has 3 nitrogen and oxygen atoms in total. The van der Waals surface area contributed by atoms with Crippen LogP contribution in [0.2, 0.25) is 15.1 Å². The van der Waals surface area contributed by atoms with Gasteiger partial charge in [-0.1, -0.05) is 52.5 Å². The van der Waals surface area contributed by atoms with Gasteiger partial charge in [0.05, 0.1) is 15.1 Å². The maximum Gasteiger partial charge on any atom is 0.265 e. The lowest BCUT2D eigenvalue weighted by atomic mass is 10.2. The van der Waals surface area contributed by atoms with Crippen molar-refractivity contribution in [1.82, 2.24) is 0 Å². The molecule has 0 aliphatic carbocycles. The molecule has 0 aromatic heterocycles. The molecule has 1 amide bonds. The highest BCUT2D eigenvalue weighted by Crippen LogP contribution is 2.34. The van der Waals surface area contributed by atoms with Crippen LogP contribution < -0.4 is 10.1 Å². The Bertz CT molecular complexity index is 687. The molecule has 0 saturated carbocycles. The second kappa shape index (κ2) is 7.23. The van der Waals surface area contributed by atoms with Crippen molar-refractivity contribution in [2.75, 3.05) is 5.32 Å². The van der Waals surface area contributed by atoms with Crippen LogP contribution in [0.4, 0.5) is 5.69 Å². The van der Waals surface area contributed by atoms with Crippen LogP contribution in [0.15, 0.2) is 36.4 Å². The molecule has 6 heteroatoms. The van der Waals surface area contributed by atoms with Gasteiger partial charge in [0.1, 0.15) is 5.75 Å². The summed E-state index contributed by atoms with van der Waals surface area (Å²) in [5, 5.41) is 3.71. The minimum absolute atomic E-state index is 0.286. The van der Waals surface area contributed by atoms with Crippen LogP contribution in [0.1, 0.15) is 12.5 Å². The zero-order valence-corrected chi connectivity index (χ0v) is 14.3. The van der Waals surface area contributed by atoms with Crippen LogP contribution in [0, 0.1) is 6.92 Å². The van der Waals surface area contributed by atoms with Crippen molar-refractivity contribution in [2.45, 2.75) is 20.0 Å². The Morgan fingerprint density at radius 1 is 1.05 bits per heavy atom. The van der Waals surface area contributed by atoms with Crippen molar-refractivity contribution in [3.05, 3.63) is 57.0 Å². The number of hydrogen-bond donors (Lipinski definition) is 1. The fourth-order valence-electron chi connectivity index (χ4n) is 1.72. The van der Waals surface area contributed by atoms with Crippen LogP contribution >= 0.6 is 34.8 Å². The van der Waals surface area contributed by atoms with Gasteiger partial charge < -0.3 is 10.1 Å². The largest absolute Gasteiger partial charge is 0.479 e. The Labute approximate surface area is 144 Å². The van der Waals surface area contributed by atoms with Gasteiger partial charge in [0.25, 0.3) is 5.91 Å². The van der Waals surface area contributed by atoms with Gasteiger partial charge in [0.15, 0.2) is 6.10 Å². The zero-order valence-electron chi connectivity index (χ0n) is 12.0. The van der Waals surface area contributed by atoms with E-state index in [1.165, 1.54) is 12.1 Å². The Hall–Kier alpha value is -1.42. The first kappa shape index (κ1) is 16.9. The zero-order chi connectivity index (χ0) is 16.3. The lowest BCUT2D eigenvalue weighted by Gasteiger charge is -2.16. The van der Waals surface area contributed by atoms with Crippen LogP contribution in [0.25, 0.3) is 0 Å². The molecule has 0 spiro atoms. The minimum Gasteiger partial charge on any atom is -0.479 e. The number of hydrogen-bond acceptors (Lipinski definition) is 2. The highest BCUT2D eigenvalue weighted by Gasteiger charge is 2.17. The number of carbonyl (C=O) groups excluding carboxylic acids is 1. The van der Waals surface area contributed by atoms with E-state index >= 15 is 0 Å². The van der Waals surface area contributed by atoms with Gasteiger partial charge in [-0.2, -0.15) is 0 Å². The molecule has 0 unspecified atom stereocenters. The number of anilines is 1. The highest BCUT2D eigenvalue weighted by atomic mass is 35.5. The molecule has 2 aromatic carbocycles. The van der Waals surface area contributed by atoms with Gasteiger partial charge in [0.2, 0.25) is 0 Å². The maximum atomic E-state index is 12.1. The molecule has 0 bridgehead atoms. The fourth-order valence-corrected chi connectivity index (χ4v) is 2.30. The van der Waals surface area contributed by atoms with Crippen LogP contribution in [0.5, 0.6) is 5.75 Å². The summed E-state index contributed by atoms with van der Waals surface area (Å²) >= 11 is 17.8. The van der Waals surface area contributed by atoms with E-state index in [9.17, 15) is 4.79 Å². The lowest BCUT2D eigenvalue weighted by Crippen LogP contribution is -2.30. The molecule has 116 valence electrons. The molecule has 0 saturated heterocycles. The normalized spacial score (nSPS) is 11.9. The highest BCUT2D eigenvalue weighted by molar-refractivity contribution is 6.43. The van der Waals surface area contributed by atoms with Gasteiger partial charge in [-0.25, -0.2) is 0 Å². The number of ether oxygens (including phenoxy) is 1. The first-order chi connectivity index (χ1) is 10.4. The molecule has 0 fully saturated rings. The Morgan fingerprint density at radius 3 is 2.27 bits per heavy atom. The van der Waals surface area contributed by atoms with E-state index in [-0.39, 0.29) is 5.91 Å². The van der Waals surface area contributed by atoms with E-state index in [2.05, 4.69) is 5.32 Å². The summed E-state index contributed by atoms with van der Waals surface area (Å²) in [6.07, 6.45) is -0.740. The van der Waals surface area contributed by atoms with Crippen LogP contribution in [-0.2, 0) is 4.79 Å². The minimum atomic E-state index is -0.740. The summed E-state index contributed by atoms with van der Waals surface area (Å²) in [6.45, 7) is 3.60. The molecule has 0 radical (unpaired) electrons. The third-order valence-corrected chi connectivity index (χ3v) is 3.98. The van der Waals surface area contributed by atoms with E-state index < -0.39 is 6.10 Å². The van der Waals surface area contributed by atoms with Gasteiger partial charge in [-0.05, 0) is 32.0 Å². The maximum absolute atomic E-state index is 12.1. The molecular weight excluding hydrogens is 345 g/mol. The molecule has 2 rings (SSSR count). The van der Waals surface area contributed by atoms with Gasteiger partial charge in [-0.3, -0.25) is 4.79 Å². The summed E-state index contributed by atoms with van der Waals surface area (Å²) in [4.78, 5) is 12.1. The standard InChI is InChI=1S/C16H14Cl3NO2/c1-9-3-5-11(6-4-9)20-16(21)10(2)22-15-8-13(18)12(17)7-14(15)19/h3-8,10H,1-2H3,(H,20,21)/t10-/m0/s1. The summed E-state index contributed by atoms with van der Waals surface area (Å²) in [5.41, 5.74) is 1.82. The first-order valence-corrected chi connectivity index (χ1v) is 7.69. The predicted octanol–water partition coefficient (Wildman–Crippen LogP) is 5.36. The number of halogens is 3. The third-order valence-electron chi connectivity index (χ3n) is 2.97. The quantitative estimate of drug-likeness (QED) is 0.747. The number of amides is 1. The summed E-state index contributed by atoms with van der Waals surface area (Å²) in [7, 11) is 0. The van der Waals surface area contributed by atoms with E-state index in [0.717, 1.165) is 5.56 Å². The van der Waals surface area contributed by atoms with E-state index in [4.69, 9.17) is 39.5 Å². The van der Waals surface area contributed by atoms with Crippen molar-refractivity contribution >= 4 is 46.4 Å². The summed E-state index contributed by atoms with van der Waals surface area (Å²) in [5.74, 6) is 0.0219. The summed E-state index contributed by atoms with van der Waals surface area (Å²) < 4.78 is 5.55. The van der Waals surface area contributed by atoms with Gasteiger partial charge in [-0.15, -0.1) is 0 Å². The molecule has 0 aliphatic heterocycles. The van der Waals surface area contributed by atoms with Crippen molar-refractivity contribution in [3.8, 4) is 5.75 Å². The van der Waals surface area contributed by atoms with Crippen molar-refractivity contribution in [3.63, 3.8) is 0 Å². The molecular formula is C16H14Cl3NO2. The number of rotatable bonds is 4. The predicted molar refractivity (Wildman–Crippen MR) is 91.4 cm³/mol. The topological polar surface area (TPSA) is 38.3 Å². The molecule has 22 heavy (non-hydrogen) atoms. The molecule has 1 atom stereocenters. The first-order valence-electron chi connectivity index (χ1n) is 6.55. The Morgan fingerprint density at radius 2 is 1.64 bits per heavy atom. The fraction of sp³-hybridized carbons (Fsp3) is 0.188. The smallest absolute Gasteiger partial charge is 0.265 e. The number of nitrogens with one attached hydrogen (secondary N) is 1. The summed E-state index contributed by atoms with van der Waals surface area (Å²) in [6, 6.07) is 10.4. The van der Waals surface area contributed by atoms with Crippen LogP contribution in [0.3, 0.4) is 0 Å². The lowest BCUT2D eigenvalue weighted by molar-refractivity contribution is -0.122. The van der Waals surface area contributed by atoms with E-state index in [1.54, 1.807) is 6.92 Å². The molecule has 1 N–H and O–H groups in total. The Kier molecular flexibility index (Phi) is 5.57. The van der Waals surface area contributed by atoms with Gasteiger partial charge >= 0.3 is 0 Å². The Balaban J connectivity index is 2.05. The second-order valence-electron chi connectivity index (χ2n) is 4.81. The number of carbonyl (C=O) groups is 1. The van der Waals surface area contributed by atoms with Crippen molar-refractivity contribution < 1.29 is 9.53 Å². The molecule has 2 aromatic rings. The monoisotopic (exact) mass is 357 g/mol. The number of aryl methyl sites for hydroxylation is 1. The van der Waals surface area contributed by atoms with E-state index in [1.807, 2.05) is 31.2 Å². The van der Waals surface area contributed by atoms with Gasteiger partial charge in [0, 0.05) is 11.8 Å². The number of benzene rings is 2. The molecule has 0 aliphatic rings. The third kappa shape index (κ3) is 4.29. The van der Waals surface area contributed by atoms with Crippen molar-refractivity contribution in [1.29, 1.82) is 0 Å². The average molecular weight is 359 g/mol. The van der Waals surface area contributed by atoms with Crippen molar-refractivity contribution in [2.24, 2.45) is 0 Å². The average Bonchev–Trinajstić information content (AvgIpc) is 2.47. The van der Waals surface area contributed by atoms with E-state index in [0.29, 0.717) is 26.5 Å². The SMILES string of the molecule is Cc1ccc(NC(=O)[C@H](C)Oc2cc(Cl)c(Cl)cc2Cl)cc1. The molecule has 0 heterocycles. The van der Waals surface area contributed by atoms with Crippen LogP contribution in [-0.4, -0.2) is 12.0 Å². The second-order valence-corrected chi connectivity index (χ2v) is 6.03.